The fourth-order valence-electron chi connectivity index (χ4n) is 3.27. The molecule has 4 heterocycles. The van der Waals surface area contributed by atoms with Crippen LogP contribution in [0.2, 0.25) is 0 Å². The third-order valence-corrected chi connectivity index (χ3v) is 5.50. The van der Waals surface area contributed by atoms with Gasteiger partial charge in [0.05, 0.1) is 30.1 Å². The topological polar surface area (TPSA) is 78.7 Å². The predicted octanol–water partition coefficient (Wildman–Crippen LogP) is 2.68. The number of nitrogens with one attached hydrogen (secondary N) is 2. The van der Waals surface area contributed by atoms with Gasteiger partial charge in [0.15, 0.2) is 0 Å². The first-order chi connectivity index (χ1) is 13.0. The molecule has 0 aromatic carbocycles. The van der Waals surface area contributed by atoms with Crippen molar-refractivity contribution in [2.75, 3.05) is 7.05 Å². The summed E-state index contributed by atoms with van der Waals surface area (Å²) >= 11 is 1.51. The maximum absolute atomic E-state index is 13.2. The third kappa shape index (κ3) is 3.19. The summed E-state index contributed by atoms with van der Waals surface area (Å²) in [5.74, 6) is -0.135. The molecule has 138 valence electrons. The second-order valence-electron chi connectivity index (χ2n) is 6.43. The minimum Gasteiger partial charge on any atom is -0.336 e. The Bertz CT molecular complexity index is 1040. The molecule has 0 fully saturated rings. The number of amides is 3. The Morgan fingerprint density at radius 2 is 2.19 bits per heavy atom. The number of thiophene rings is 1. The van der Waals surface area contributed by atoms with Crippen LogP contribution in [0.4, 0.5) is 4.79 Å². The summed E-state index contributed by atoms with van der Waals surface area (Å²) < 4.78 is 1.96. The number of carbonyl (C=O) groups is 2. The molecule has 1 aliphatic heterocycles. The van der Waals surface area contributed by atoms with Crippen LogP contribution in [0.25, 0.3) is 5.65 Å². The lowest BCUT2D eigenvalue weighted by molar-refractivity contribution is -0.126. The number of hydrogen-bond acceptors (Lipinski definition) is 4. The van der Waals surface area contributed by atoms with E-state index in [9.17, 15) is 9.59 Å². The Morgan fingerprint density at radius 1 is 1.33 bits per heavy atom. The highest BCUT2D eigenvalue weighted by Crippen LogP contribution is 2.31. The molecule has 3 aromatic rings. The van der Waals surface area contributed by atoms with Crippen LogP contribution in [0.3, 0.4) is 0 Å². The fraction of sp³-hybridized carbons (Fsp3) is 0.211. The molecule has 1 atom stereocenters. The monoisotopic (exact) mass is 381 g/mol. The zero-order valence-corrected chi connectivity index (χ0v) is 15.8. The van der Waals surface area contributed by atoms with Crippen LogP contribution in [0.15, 0.2) is 59.4 Å². The fourth-order valence-corrected chi connectivity index (χ4v) is 4.05. The van der Waals surface area contributed by atoms with Crippen LogP contribution < -0.4 is 10.6 Å². The Kier molecular flexibility index (Phi) is 4.41. The number of pyridine rings is 1. The molecule has 2 N–H and O–H groups in total. The highest BCUT2D eigenvalue weighted by molar-refractivity contribution is 7.10. The van der Waals surface area contributed by atoms with Crippen LogP contribution in [0, 0.1) is 0 Å². The SMILES string of the molecule is CC1=C(C(=O)N(C)Cc2cnc3ccccn23)C(c2cccs2)NC(=O)N1. The average Bonchev–Trinajstić information content (AvgIpc) is 3.31. The molecule has 3 aromatic heterocycles. The number of nitrogens with zero attached hydrogens (tertiary/aromatic N) is 3. The summed E-state index contributed by atoms with van der Waals surface area (Å²) in [5.41, 5.74) is 2.88. The van der Waals surface area contributed by atoms with E-state index in [-0.39, 0.29) is 11.9 Å². The largest absolute Gasteiger partial charge is 0.336 e. The minimum absolute atomic E-state index is 0.135. The molecule has 1 unspecified atom stereocenters. The van der Waals surface area contributed by atoms with E-state index in [1.807, 2.05) is 46.3 Å². The first-order valence-corrected chi connectivity index (χ1v) is 9.40. The van der Waals surface area contributed by atoms with E-state index in [1.54, 1.807) is 25.1 Å². The van der Waals surface area contributed by atoms with Crippen molar-refractivity contribution in [1.29, 1.82) is 0 Å². The van der Waals surface area contributed by atoms with Crippen LogP contribution in [-0.2, 0) is 11.3 Å². The Balaban J connectivity index is 1.63. The van der Waals surface area contributed by atoms with Crippen LogP contribution in [0.1, 0.15) is 23.5 Å². The van der Waals surface area contributed by atoms with Crippen molar-refractivity contribution in [2.24, 2.45) is 0 Å². The summed E-state index contributed by atoms with van der Waals surface area (Å²) in [5, 5.41) is 7.51. The molecule has 8 heteroatoms. The molecule has 3 amide bonds. The van der Waals surface area contributed by atoms with Crippen molar-refractivity contribution < 1.29 is 9.59 Å². The Morgan fingerprint density at radius 3 is 2.96 bits per heavy atom. The summed E-state index contributed by atoms with van der Waals surface area (Å²) in [4.78, 5) is 32.1. The predicted molar refractivity (Wildman–Crippen MR) is 103 cm³/mol. The summed E-state index contributed by atoms with van der Waals surface area (Å²) in [6.07, 6.45) is 3.70. The van der Waals surface area contributed by atoms with Crippen molar-refractivity contribution in [3.05, 3.63) is 69.9 Å². The zero-order chi connectivity index (χ0) is 19.0. The number of fused-ring (bicyclic) bond motifs is 1. The molecule has 7 nitrogen and oxygen atoms in total. The van der Waals surface area contributed by atoms with Gasteiger partial charge < -0.3 is 19.9 Å². The van der Waals surface area contributed by atoms with Gasteiger partial charge in [-0.3, -0.25) is 4.79 Å². The van der Waals surface area contributed by atoms with Gasteiger partial charge >= 0.3 is 6.03 Å². The van der Waals surface area contributed by atoms with Crippen molar-refractivity contribution in [1.82, 2.24) is 24.9 Å². The van der Waals surface area contributed by atoms with Gasteiger partial charge in [0, 0.05) is 23.8 Å². The number of hydrogen-bond donors (Lipinski definition) is 2. The first-order valence-electron chi connectivity index (χ1n) is 8.52. The molecule has 27 heavy (non-hydrogen) atoms. The lowest BCUT2D eigenvalue weighted by Gasteiger charge is -2.30. The molecule has 0 radical (unpaired) electrons. The van der Waals surface area contributed by atoms with E-state index in [4.69, 9.17) is 0 Å². The van der Waals surface area contributed by atoms with Gasteiger partial charge in [-0.15, -0.1) is 11.3 Å². The third-order valence-electron chi connectivity index (χ3n) is 4.57. The Labute approximate surface area is 160 Å². The second-order valence-corrected chi connectivity index (χ2v) is 7.40. The highest BCUT2D eigenvalue weighted by Gasteiger charge is 2.33. The molecular weight excluding hydrogens is 362 g/mol. The molecule has 0 spiro atoms. The van der Waals surface area contributed by atoms with Crippen LogP contribution in [-0.4, -0.2) is 33.3 Å². The molecular formula is C19H19N5O2S. The van der Waals surface area contributed by atoms with Crippen molar-refractivity contribution >= 4 is 28.9 Å². The Hall–Kier alpha value is -3.13. The van der Waals surface area contributed by atoms with E-state index in [1.165, 1.54) is 11.3 Å². The number of imidazole rings is 1. The molecule has 0 bridgehead atoms. The van der Waals surface area contributed by atoms with Crippen molar-refractivity contribution in [3.8, 4) is 0 Å². The van der Waals surface area contributed by atoms with Gasteiger partial charge in [-0.05, 0) is 30.5 Å². The quantitative estimate of drug-likeness (QED) is 0.729. The first kappa shape index (κ1) is 17.3. The maximum atomic E-state index is 13.2. The smallest absolute Gasteiger partial charge is 0.319 e. The van der Waals surface area contributed by atoms with Crippen molar-refractivity contribution in [3.63, 3.8) is 0 Å². The highest BCUT2D eigenvalue weighted by atomic mass is 32.1. The number of likely N-dealkylation sites (N-methyl/N-ethyl adjacent to an activating group) is 1. The van der Waals surface area contributed by atoms with E-state index in [0.29, 0.717) is 17.8 Å². The van der Waals surface area contributed by atoms with E-state index < -0.39 is 6.04 Å². The number of rotatable bonds is 4. The molecule has 0 saturated heterocycles. The second kappa shape index (κ2) is 6.88. The number of allylic oxidation sites excluding steroid dienone is 1. The van der Waals surface area contributed by atoms with E-state index in [2.05, 4.69) is 15.6 Å². The lowest BCUT2D eigenvalue weighted by atomic mass is 10.00. The minimum atomic E-state index is -0.448. The maximum Gasteiger partial charge on any atom is 0.319 e. The van der Waals surface area contributed by atoms with Gasteiger partial charge in [0.1, 0.15) is 5.65 Å². The van der Waals surface area contributed by atoms with Crippen LogP contribution >= 0.6 is 11.3 Å². The summed E-state index contributed by atoms with van der Waals surface area (Å²) in [7, 11) is 1.76. The molecule has 0 aliphatic carbocycles. The normalized spacial score (nSPS) is 17.0. The lowest BCUT2D eigenvalue weighted by Crippen LogP contribution is -2.47. The molecule has 1 aliphatic rings. The van der Waals surface area contributed by atoms with E-state index >= 15 is 0 Å². The van der Waals surface area contributed by atoms with E-state index in [0.717, 1.165) is 16.2 Å². The van der Waals surface area contributed by atoms with Crippen molar-refractivity contribution in [2.45, 2.75) is 19.5 Å². The van der Waals surface area contributed by atoms with Gasteiger partial charge in [0.2, 0.25) is 0 Å². The van der Waals surface area contributed by atoms with Gasteiger partial charge in [-0.25, -0.2) is 9.78 Å². The summed E-state index contributed by atoms with van der Waals surface area (Å²) in [6.45, 7) is 2.17. The van der Waals surface area contributed by atoms with Gasteiger partial charge in [0.25, 0.3) is 5.91 Å². The standard InChI is InChI=1S/C19H19N5O2S/c1-12-16(17(22-19(26)21-12)14-6-5-9-27-14)18(25)23(2)11-13-10-20-15-7-3-4-8-24(13)15/h3-10,17H,11H2,1-2H3,(H2,21,22,26). The summed E-state index contributed by atoms with van der Waals surface area (Å²) in [6, 6.07) is 8.87. The van der Waals surface area contributed by atoms with Gasteiger partial charge in [-0.2, -0.15) is 0 Å². The van der Waals surface area contributed by atoms with Gasteiger partial charge in [-0.1, -0.05) is 12.1 Å². The number of aromatic nitrogens is 2. The molecule has 4 rings (SSSR count). The number of carbonyl (C=O) groups excluding carboxylic acids is 2. The average molecular weight is 381 g/mol. The zero-order valence-electron chi connectivity index (χ0n) is 15.0. The number of urea groups is 1. The molecule has 0 saturated carbocycles. The van der Waals surface area contributed by atoms with Crippen LogP contribution in [0.5, 0.6) is 0 Å².